The first-order valence-electron chi connectivity index (χ1n) is 7.60. The average Bonchev–Trinajstić information content (AvgIpc) is 2.55. The Morgan fingerprint density at radius 1 is 1.00 bits per heavy atom. The first kappa shape index (κ1) is 16.8. The number of likely N-dealkylation sites (N-methyl/N-ethyl adjacent to an activating group) is 1. The van der Waals surface area contributed by atoms with Gasteiger partial charge in [-0.3, -0.25) is 4.79 Å². The molecule has 122 valence electrons. The molecule has 0 aliphatic heterocycles. The molecule has 0 spiro atoms. The fourth-order valence-electron chi connectivity index (χ4n) is 1.96. The molecule has 0 aromatic heterocycles. The van der Waals surface area contributed by atoms with Crippen molar-refractivity contribution in [2.24, 2.45) is 0 Å². The van der Waals surface area contributed by atoms with Gasteiger partial charge in [0.05, 0.1) is 0 Å². The molecule has 0 unspecified atom stereocenters. The summed E-state index contributed by atoms with van der Waals surface area (Å²) in [5, 5.41) is 6.14. The van der Waals surface area contributed by atoms with Crippen molar-refractivity contribution in [1.82, 2.24) is 4.90 Å². The van der Waals surface area contributed by atoms with E-state index in [1.807, 2.05) is 68.7 Å². The predicted octanol–water partition coefficient (Wildman–Crippen LogP) is 2.68. The summed E-state index contributed by atoms with van der Waals surface area (Å²) in [4.78, 5) is 14.0. The van der Waals surface area contributed by atoms with E-state index in [0.717, 1.165) is 24.5 Å². The molecule has 1 amide bonds. The van der Waals surface area contributed by atoms with Gasteiger partial charge in [0.2, 0.25) is 0 Å². The molecule has 2 rings (SSSR count). The highest BCUT2D eigenvalue weighted by Gasteiger charge is 2.03. The van der Waals surface area contributed by atoms with Crippen molar-refractivity contribution in [3.8, 4) is 5.75 Å². The van der Waals surface area contributed by atoms with Gasteiger partial charge in [-0.2, -0.15) is 0 Å². The number of amides is 1. The number of benzene rings is 2. The number of nitrogens with zero attached hydrogens (tertiary/aromatic N) is 1. The van der Waals surface area contributed by atoms with E-state index in [2.05, 4.69) is 15.5 Å². The number of hydrogen-bond acceptors (Lipinski definition) is 4. The molecular formula is C18H23N3O2. The van der Waals surface area contributed by atoms with E-state index < -0.39 is 0 Å². The smallest absolute Gasteiger partial charge is 0.262 e. The lowest BCUT2D eigenvalue weighted by molar-refractivity contribution is -0.118. The van der Waals surface area contributed by atoms with E-state index in [0.29, 0.717) is 5.75 Å². The maximum Gasteiger partial charge on any atom is 0.262 e. The van der Waals surface area contributed by atoms with E-state index in [4.69, 9.17) is 4.74 Å². The van der Waals surface area contributed by atoms with Crippen LogP contribution in [-0.4, -0.2) is 44.6 Å². The highest BCUT2D eigenvalue weighted by molar-refractivity contribution is 5.92. The van der Waals surface area contributed by atoms with E-state index in [9.17, 15) is 4.79 Å². The van der Waals surface area contributed by atoms with Gasteiger partial charge in [-0.05, 0) is 50.5 Å². The summed E-state index contributed by atoms with van der Waals surface area (Å²) < 4.78 is 5.41. The summed E-state index contributed by atoms with van der Waals surface area (Å²) in [5.74, 6) is 0.505. The van der Waals surface area contributed by atoms with Crippen LogP contribution < -0.4 is 15.4 Å². The second-order valence-electron chi connectivity index (χ2n) is 5.46. The summed E-state index contributed by atoms with van der Waals surface area (Å²) in [6, 6.07) is 16.9. The maximum absolute atomic E-state index is 11.9. The normalized spacial score (nSPS) is 10.4. The van der Waals surface area contributed by atoms with Crippen LogP contribution in [-0.2, 0) is 4.79 Å². The number of nitrogens with one attached hydrogen (secondary N) is 2. The molecule has 0 aliphatic carbocycles. The van der Waals surface area contributed by atoms with Gasteiger partial charge in [0.1, 0.15) is 5.75 Å². The number of para-hydroxylation sites is 1. The van der Waals surface area contributed by atoms with Crippen LogP contribution in [0.1, 0.15) is 0 Å². The maximum atomic E-state index is 11.9. The molecule has 2 aromatic carbocycles. The fourth-order valence-corrected chi connectivity index (χ4v) is 1.96. The van der Waals surface area contributed by atoms with Crippen LogP contribution in [0, 0.1) is 0 Å². The summed E-state index contributed by atoms with van der Waals surface area (Å²) >= 11 is 0. The fraction of sp³-hybridized carbons (Fsp3) is 0.278. The molecule has 0 aliphatic rings. The number of rotatable bonds is 8. The summed E-state index contributed by atoms with van der Waals surface area (Å²) in [5.41, 5.74) is 1.79. The van der Waals surface area contributed by atoms with Gasteiger partial charge in [0.25, 0.3) is 5.91 Å². The van der Waals surface area contributed by atoms with Gasteiger partial charge < -0.3 is 20.3 Å². The van der Waals surface area contributed by atoms with Crippen LogP contribution >= 0.6 is 0 Å². The summed E-state index contributed by atoms with van der Waals surface area (Å²) in [7, 11) is 4.08. The van der Waals surface area contributed by atoms with Crippen molar-refractivity contribution < 1.29 is 9.53 Å². The molecule has 0 fully saturated rings. The minimum Gasteiger partial charge on any atom is -0.484 e. The Labute approximate surface area is 137 Å². The zero-order valence-electron chi connectivity index (χ0n) is 13.6. The Morgan fingerprint density at radius 2 is 1.65 bits per heavy atom. The van der Waals surface area contributed by atoms with Gasteiger partial charge in [0.15, 0.2) is 6.61 Å². The lowest BCUT2D eigenvalue weighted by atomic mass is 10.2. The summed E-state index contributed by atoms with van der Waals surface area (Å²) in [6.07, 6.45) is 0. The lowest BCUT2D eigenvalue weighted by Crippen LogP contribution is -2.21. The number of anilines is 2. The lowest BCUT2D eigenvalue weighted by Gasteiger charge is -2.12. The van der Waals surface area contributed by atoms with Crippen LogP contribution in [0.4, 0.5) is 11.4 Å². The Bertz CT molecular complexity index is 597. The summed E-state index contributed by atoms with van der Waals surface area (Å²) in [6.45, 7) is 1.84. The zero-order valence-corrected chi connectivity index (χ0v) is 13.6. The van der Waals surface area contributed by atoms with Gasteiger partial charge in [-0.15, -0.1) is 0 Å². The average molecular weight is 313 g/mol. The monoisotopic (exact) mass is 313 g/mol. The van der Waals surface area contributed by atoms with E-state index in [-0.39, 0.29) is 12.5 Å². The number of ether oxygens (including phenoxy) is 1. The molecule has 0 saturated carbocycles. The van der Waals surface area contributed by atoms with Crippen molar-refractivity contribution in [1.29, 1.82) is 0 Å². The Morgan fingerprint density at radius 3 is 2.30 bits per heavy atom. The molecule has 0 bridgehead atoms. The molecule has 0 atom stereocenters. The minimum absolute atomic E-state index is 0.00709. The Kier molecular flexibility index (Phi) is 6.44. The number of carbonyl (C=O) groups is 1. The number of hydrogen-bond donors (Lipinski definition) is 2. The minimum atomic E-state index is -0.179. The van der Waals surface area contributed by atoms with Gasteiger partial charge >= 0.3 is 0 Å². The largest absolute Gasteiger partial charge is 0.484 e. The third-order valence-electron chi connectivity index (χ3n) is 3.17. The van der Waals surface area contributed by atoms with Crippen molar-refractivity contribution in [2.45, 2.75) is 0 Å². The van der Waals surface area contributed by atoms with Gasteiger partial charge in [-0.1, -0.05) is 18.2 Å². The molecule has 2 aromatic rings. The highest BCUT2D eigenvalue weighted by atomic mass is 16.5. The standard InChI is InChI=1S/C18H23N3O2/c1-21(2)13-12-19-15-8-10-16(11-9-15)20-18(22)14-23-17-6-4-3-5-7-17/h3-11,19H,12-14H2,1-2H3,(H,20,22). The van der Waals surface area contributed by atoms with Gasteiger partial charge in [-0.25, -0.2) is 0 Å². The van der Waals surface area contributed by atoms with Crippen molar-refractivity contribution in [3.63, 3.8) is 0 Å². The third kappa shape index (κ3) is 6.40. The molecule has 0 radical (unpaired) electrons. The van der Waals surface area contributed by atoms with Crippen molar-refractivity contribution in [3.05, 3.63) is 54.6 Å². The van der Waals surface area contributed by atoms with E-state index >= 15 is 0 Å². The Balaban J connectivity index is 1.75. The first-order valence-corrected chi connectivity index (χ1v) is 7.60. The molecule has 2 N–H and O–H groups in total. The van der Waals surface area contributed by atoms with Crippen molar-refractivity contribution in [2.75, 3.05) is 44.4 Å². The van der Waals surface area contributed by atoms with Crippen LogP contribution in [0.25, 0.3) is 0 Å². The molecular weight excluding hydrogens is 290 g/mol. The van der Waals surface area contributed by atoms with E-state index in [1.165, 1.54) is 0 Å². The van der Waals surface area contributed by atoms with Crippen LogP contribution in [0.5, 0.6) is 5.75 Å². The number of carbonyl (C=O) groups excluding carboxylic acids is 1. The first-order chi connectivity index (χ1) is 11.1. The van der Waals surface area contributed by atoms with Crippen LogP contribution in [0.15, 0.2) is 54.6 Å². The quantitative estimate of drug-likeness (QED) is 0.787. The molecule has 0 saturated heterocycles. The SMILES string of the molecule is CN(C)CCNc1ccc(NC(=O)COc2ccccc2)cc1. The second kappa shape index (κ2) is 8.80. The Hall–Kier alpha value is -2.53. The zero-order chi connectivity index (χ0) is 16.5. The molecule has 0 heterocycles. The highest BCUT2D eigenvalue weighted by Crippen LogP contribution is 2.13. The molecule has 23 heavy (non-hydrogen) atoms. The predicted molar refractivity (Wildman–Crippen MR) is 94.1 cm³/mol. The van der Waals surface area contributed by atoms with E-state index in [1.54, 1.807) is 0 Å². The molecule has 5 nitrogen and oxygen atoms in total. The van der Waals surface area contributed by atoms with Crippen LogP contribution in [0.3, 0.4) is 0 Å². The third-order valence-corrected chi connectivity index (χ3v) is 3.17. The van der Waals surface area contributed by atoms with Crippen LogP contribution in [0.2, 0.25) is 0 Å². The molecule has 5 heteroatoms. The second-order valence-corrected chi connectivity index (χ2v) is 5.46. The van der Waals surface area contributed by atoms with Gasteiger partial charge in [0, 0.05) is 24.5 Å². The van der Waals surface area contributed by atoms with Crippen molar-refractivity contribution >= 4 is 17.3 Å². The topological polar surface area (TPSA) is 53.6 Å².